The molecule has 0 aliphatic carbocycles. The molecule has 0 aliphatic rings. The summed E-state index contributed by atoms with van der Waals surface area (Å²) in [7, 11) is 1.88. The number of nitrogens with two attached hydrogens (primary N) is 1. The molecule has 16 heavy (non-hydrogen) atoms. The summed E-state index contributed by atoms with van der Waals surface area (Å²) in [6.45, 7) is 9.87. The predicted octanol–water partition coefficient (Wildman–Crippen LogP) is 2.26. The van der Waals surface area contributed by atoms with Gasteiger partial charge in [-0.15, -0.1) is 0 Å². The van der Waals surface area contributed by atoms with Gasteiger partial charge < -0.3 is 10.6 Å². The molecule has 3 heteroatoms. The van der Waals surface area contributed by atoms with Crippen LogP contribution < -0.4 is 5.73 Å². The van der Waals surface area contributed by atoms with Gasteiger partial charge >= 0.3 is 0 Å². The first-order valence-electron chi connectivity index (χ1n) is 6.27. The smallest absolute Gasteiger partial charge is 0.226 e. The van der Waals surface area contributed by atoms with Crippen molar-refractivity contribution in [2.45, 2.75) is 47.0 Å². The molecule has 0 aliphatic heterocycles. The molecular weight excluding hydrogens is 200 g/mol. The van der Waals surface area contributed by atoms with Crippen LogP contribution in [0.25, 0.3) is 0 Å². The number of hydrogen-bond acceptors (Lipinski definition) is 2. The van der Waals surface area contributed by atoms with Crippen LogP contribution in [0, 0.1) is 11.3 Å². The first-order chi connectivity index (χ1) is 7.31. The molecule has 2 N–H and O–H groups in total. The third kappa shape index (κ3) is 6.11. The van der Waals surface area contributed by atoms with Crippen LogP contribution in [-0.4, -0.2) is 30.9 Å². The van der Waals surface area contributed by atoms with Crippen molar-refractivity contribution in [3.05, 3.63) is 0 Å². The topological polar surface area (TPSA) is 46.3 Å². The van der Waals surface area contributed by atoms with Crippen molar-refractivity contribution in [2.24, 2.45) is 17.1 Å². The van der Waals surface area contributed by atoms with Crippen LogP contribution in [0.3, 0.4) is 0 Å². The lowest BCUT2D eigenvalue weighted by atomic mass is 9.84. The zero-order valence-corrected chi connectivity index (χ0v) is 11.5. The highest BCUT2D eigenvalue weighted by Crippen LogP contribution is 2.24. The van der Waals surface area contributed by atoms with Gasteiger partial charge in [-0.25, -0.2) is 0 Å². The van der Waals surface area contributed by atoms with Gasteiger partial charge in [-0.05, 0) is 18.3 Å². The summed E-state index contributed by atoms with van der Waals surface area (Å²) in [6.07, 6.45) is 3.04. The van der Waals surface area contributed by atoms with E-state index in [2.05, 4.69) is 27.7 Å². The summed E-state index contributed by atoms with van der Waals surface area (Å²) < 4.78 is 0. The summed E-state index contributed by atoms with van der Waals surface area (Å²) in [5.41, 5.74) is 5.86. The average molecular weight is 228 g/mol. The fourth-order valence-electron chi connectivity index (χ4n) is 1.83. The number of amides is 1. The van der Waals surface area contributed by atoms with Gasteiger partial charge in [-0.3, -0.25) is 4.79 Å². The highest BCUT2D eigenvalue weighted by Gasteiger charge is 2.25. The number of nitrogens with zero attached hydrogens (tertiary/aromatic N) is 1. The molecule has 1 atom stereocenters. The van der Waals surface area contributed by atoms with Crippen molar-refractivity contribution >= 4 is 5.91 Å². The van der Waals surface area contributed by atoms with Gasteiger partial charge in [0.25, 0.3) is 0 Å². The zero-order valence-electron chi connectivity index (χ0n) is 11.5. The highest BCUT2D eigenvalue weighted by atomic mass is 16.2. The highest BCUT2D eigenvalue weighted by molar-refractivity contribution is 5.78. The second-order valence-corrected chi connectivity index (χ2v) is 5.81. The fourth-order valence-corrected chi connectivity index (χ4v) is 1.83. The van der Waals surface area contributed by atoms with Gasteiger partial charge in [0.05, 0.1) is 5.92 Å². The van der Waals surface area contributed by atoms with E-state index in [4.69, 9.17) is 5.73 Å². The number of rotatable bonds is 6. The summed E-state index contributed by atoms with van der Waals surface area (Å²) in [4.78, 5) is 13.9. The van der Waals surface area contributed by atoms with Crippen molar-refractivity contribution in [3.8, 4) is 0 Å². The van der Waals surface area contributed by atoms with Gasteiger partial charge in [-0.1, -0.05) is 34.1 Å². The molecule has 0 heterocycles. The molecule has 0 saturated heterocycles. The number of carbonyl (C=O) groups is 1. The van der Waals surface area contributed by atoms with E-state index >= 15 is 0 Å². The lowest BCUT2D eigenvalue weighted by molar-refractivity contribution is -0.134. The van der Waals surface area contributed by atoms with E-state index in [0.29, 0.717) is 6.54 Å². The number of hydrogen-bond donors (Lipinski definition) is 1. The van der Waals surface area contributed by atoms with Crippen molar-refractivity contribution < 1.29 is 4.79 Å². The van der Waals surface area contributed by atoms with Gasteiger partial charge in [0.2, 0.25) is 5.91 Å². The van der Waals surface area contributed by atoms with Gasteiger partial charge in [0.1, 0.15) is 0 Å². The van der Waals surface area contributed by atoms with Crippen LogP contribution >= 0.6 is 0 Å². The Kier molecular flexibility index (Phi) is 6.65. The van der Waals surface area contributed by atoms with Gasteiger partial charge in [0, 0.05) is 20.1 Å². The Labute approximate surface area is 100 Å². The Balaban J connectivity index is 4.30. The van der Waals surface area contributed by atoms with E-state index in [1.807, 2.05) is 11.9 Å². The Morgan fingerprint density at radius 2 is 1.94 bits per heavy atom. The molecule has 0 bridgehead atoms. The van der Waals surface area contributed by atoms with Gasteiger partial charge in [0.15, 0.2) is 0 Å². The largest absolute Gasteiger partial charge is 0.345 e. The molecule has 1 unspecified atom stereocenters. The van der Waals surface area contributed by atoms with Crippen molar-refractivity contribution in [1.82, 2.24) is 4.90 Å². The minimum atomic E-state index is -0.0261. The summed E-state index contributed by atoms with van der Waals surface area (Å²) in [6, 6.07) is 0. The van der Waals surface area contributed by atoms with E-state index in [0.717, 1.165) is 25.8 Å². The van der Waals surface area contributed by atoms with Crippen LogP contribution in [0.1, 0.15) is 47.0 Å². The van der Waals surface area contributed by atoms with E-state index < -0.39 is 0 Å². The quantitative estimate of drug-likeness (QED) is 0.758. The van der Waals surface area contributed by atoms with Crippen LogP contribution in [-0.2, 0) is 4.79 Å². The van der Waals surface area contributed by atoms with Gasteiger partial charge in [-0.2, -0.15) is 0 Å². The minimum absolute atomic E-state index is 0.0261. The van der Waals surface area contributed by atoms with Crippen molar-refractivity contribution in [3.63, 3.8) is 0 Å². The Bertz CT molecular complexity index is 208. The Morgan fingerprint density at radius 3 is 2.31 bits per heavy atom. The molecule has 0 aromatic rings. The van der Waals surface area contributed by atoms with E-state index in [1.54, 1.807) is 0 Å². The third-order valence-corrected chi connectivity index (χ3v) is 2.72. The lowest BCUT2D eigenvalue weighted by Gasteiger charge is -2.28. The lowest BCUT2D eigenvalue weighted by Crippen LogP contribution is -2.38. The normalized spacial score (nSPS) is 13.6. The van der Waals surface area contributed by atoms with E-state index in [9.17, 15) is 4.79 Å². The molecule has 1 amide bonds. The fraction of sp³-hybridized carbons (Fsp3) is 0.923. The van der Waals surface area contributed by atoms with Crippen molar-refractivity contribution in [1.29, 1.82) is 0 Å². The maximum absolute atomic E-state index is 12.1. The first-order valence-corrected chi connectivity index (χ1v) is 6.27. The molecular formula is C13H28N2O. The standard InChI is InChI=1S/C13H28N2O/c1-6-7-8-15(5)12(16)11(10-14)9-13(2,3)4/h11H,6-10,14H2,1-5H3. The van der Waals surface area contributed by atoms with Crippen LogP contribution in [0.5, 0.6) is 0 Å². The number of carbonyl (C=O) groups excluding carboxylic acids is 1. The minimum Gasteiger partial charge on any atom is -0.345 e. The molecule has 0 spiro atoms. The molecule has 0 rings (SSSR count). The summed E-state index contributed by atoms with van der Waals surface area (Å²) >= 11 is 0. The summed E-state index contributed by atoms with van der Waals surface area (Å²) in [5.74, 6) is 0.174. The third-order valence-electron chi connectivity index (χ3n) is 2.72. The monoisotopic (exact) mass is 228 g/mol. The Morgan fingerprint density at radius 1 is 1.38 bits per heavy atom. The van der Waals surface area contributed by atoms with E-state index in [1.165, 1.54) is 0 Å². The molecule has 0 fully saturated rings. The second kappa shape index (κ2) is 6.89. The molecule has 3 nitrogen and oxygen atoms in total. The Hall–Kier alpha value is -0.570. The average Bonchev–Trinajstić information content (AvgIpc) is 2.20. The molecule has 0 saturated carbocycles. The first kappa shape index (κ1) is 15.4. The number of unbranched alkanes of at least 4 members (excludes halogenated alkanes) is 1. The SMILES string of the molecule is CCCCN(C)C(=O)C(CN)CC(C)(C)C. The van der Waals surface area contributed by atoms with Crippen LogP contribution in [0.2, 0.25) is 0 Å². The molecule has 0 aromatic carbocycles. The van der Waals surface area contributed by atoms with Crippen LogP contribution in [0.15, 0.2) is 0 Å². The van der Waals surface area contributed by atoms with E-state index in [-0.39, 0.29) is 17.2 Å². The summed E-state index contributed by atoms with van der Waals surface area (Å²) in [5, 5.41) is 0. The maximum atomic E-state index is 12.1. The zero-order chi connectivity index (χ0) is 12.8. The van der Waals surface area contributed by atoms with Crippen LogP contribution in [0.4, 0.5) is 0 Å². The molecule has 0 radical (unpaired) electrons. The van der Waals surface area contributed by atoms with Crippen molar-refractivity contribution in [2.75, 3.05) is 20.1 Å². The maximum Gasteiger partial charge on any atom is 0.226 e. The second-order valence-electron chi connectivity index (χ2n) is 5.81. The predicted molar refractivity (Wildman–Crippen MR) is 69.2 cm³/mol. The molecule has 0 aromatic heterocycles. The molecule has 96 valence electrons.